The van der Waals surface area contributed by atoms with Crippen molar-refractivity contribution in [1.82, 2.24) is 19.5 Å². The summed E-state index contributed by atoms with van der Waals surface area (Å²) >= 11 is 0. The highest BCUT2D eigenvalue weighted by Gasteiger charge is 2.44. The molecule has 30 heavy (non-hydrogen) atoms. The Labute approximate surface area is 169 Å². The van der Waals surface area contributed by atoms with Gasteiger partial charge in [-0.25, -0.2) is 10.4 Å². The number of hydrogen-bond acceptors (Lipinski definition) is 11. The van der Waals surface area contributed by atoms with E-state index in [1.807, 2.05) is 6.07 Å². The number of benzene rings is 1. The minimum absolute atomic E-state index is 0.0818. The van der Waals surface area contributed by atoms with E-state index in [1.54, 1.807) is 24.3 Å². The number of rotatable bonds is 5. The number of nitrogens with two attached hydrogens (primary N) is 1. The van der Waals surface area contributed by atoms with Crippen molar-refractivity contribution in [2.24, 2.45) is 5.10 Å². The van der Waals surface area contributed by atoms with E-state index in [4.69, 9.17) is 15.7 Å². The van der Waals surface area contributed by atoms with Gasteiger partial charge in [0, 0.05) is 0 Å². The lowest BCUT2D eigenvalue weighted by atomic mass is 10.1. The van der Waals surface area contributed by atoms with Crippen LogP contribution in [0.5, 0.6) is 0 Å². The molecule has 0 bridgehead atoms. The van der Waals surface area contributed by atoms with Crippen molar-refractivity contribution < 1.29 is 20.1 Å². The topological polar surface area (TPSA) is 188 Å². The van der Waals surface area contributed by atoms with Crippen LogP contribution < -0.4 is 11.2 Å². The number of nitriles is 1. The molecule has 3 heterocycles. The fraction of sp³-hybridized carbons (Fsp3) is 0.278. The minimum Gasteiger partial charge on any atom is -0.394 e. The van der Waals surface area contributed by atoms with Gasteiger partial charge < -0.3 is 25.8 Å². The fourth-order valence-corrected chi connectivity index (χ4v) is 3.09. The predicted octanol–water partition coefficient (Wildman–Crippen LogP) is -0.662. The molecule has 1 saturated heterocycles. The Balaban J connectivity index is 1.59. The third kappa shape index (κ3) is 3.53. The van der Waals surface area contributed by atoms with E-state index in [0.29, 0.717) is 5.56 Å². The molecule has 2 aromatic heterocycles. The number of aliphatic hydroxyl groups is 3. The highest BCUT2D eigenvalue weighted by molar-refractivity contribution is 5.83. The third-order valence-corrected chi connectivity index (χ3v) is 4.66. The molecule has 1 fully saturated rings. The highest BCUT2D eigenvalue weighted by atomic mass is 16.6. The average Bonchev–Trinajstić information content (AvgIpc) is 3.30. The number of imidazole rings is 1. The van der Waals surface area contributed by atoms with Gasteiger partial charge in [-0.1, -0.05) is 12.1 Å². The predicted molar refractivity (Wildman–Crippen MR) is 105 cm³/mol. The molecule has 12 nitrogen and oxygen atoms in total. The van der Waals surface area contributed by atoms with Crippen LogP contribution in [0.15, 0.2) is 35.7 Å². The lowest BCUT2D eigenvalue weighted by Gasteiger charge is -2.16. The van der Waals surface area contributed by atoms with Crippen LogP contribution in [0.3, 0.4) is 0 Å². The maximum atomic E-state index is 10.3. The number of hydrazone groups is 1. The van der Waals surface area contributed by atoms with Gasteiger partial charge in [-0.3, -0.25) is 4.57 Å². The van der Waals surface area contributed by atoms with E-state index in [9.17, 15) is 15.3 Å². The van der Waals surface area contributed by atoms with Crippen LogP contribution in [0.2, 0.25) is 0 Å². The highest BCUT2D eigenvalue weighted by Crippen LogP contribution is 2.32. The van der Waals surface area contributed by atoms with Gasteiger partial charge in [-0.05, 0) is 17.7 Å². The maximum absolute atomic E-state index is 10.3. The Morgan fingerprint density at radius 2 is 2.03 bits per heavy atom. The third-order valence-electron chi connectivity index (χ3n) is 4.66. The smallest absolute Gasteiger partial charge is 0.247 e. The standard InChI is InChI=1S/C18H18N8O4/c19-5-9-1-3-10(4-2-9)6-22-25-18-23-15(20)12-16(24-18)26(8-21-12)17-14(29)13(28)11(7-27)30-17/h1-4,6,8,11,13-14,17,27-29H,7H2,(H3,20,23,24,25)/b22-6+/t11-,13+,14?,17-/m1/s1. The van der Waals surface area contributed by atoms with E-state index in [1.165, 1.54) is 17.1 Å². The SMILES string of the molecule is N#Cc1ccc(/C=N/Nc2nc(N)c3ncn([C@@H]4O[C@H](CO)[C@H](O)C4O)c3n2)cc1. The van der Waals surface area contributed by atoms with Crippen molar-refractivity contribution in [1.29, 1.82) is 5.26 Å². The first kappa shape index (κ1) is 19.7. The summed E-state index contributed by atoms with van der Waals surface area (Å²) in [5.74, 6) is 0.167. The van der Waals surface area contributed by atoms with Gasteiger partial charge in [-0.15, -0.1) is 0 Å². The summed E-state index contributed by atoms with van der Waals surface area (Å²) in [7, 11) is 0. The Kier molecular flexibility index (Phi) is 5.25. The van der Waals surface area contributed by atoms with Crippen molar-refractivity contribution in [2.75, 3.05) is 17.8 Å². The van der Waals surface area contributed by atoms with Crippen LogP contribution in [0.1, 0.15) is 17.4 Å². The van der Waals surface area contributed by atoms with Gasteiger partial charge in [0.2, 0.25) is 5.95 Å². The van der Waals surface area contributed by atoms with Crippen LogP contribution in [-0.2, 0) is 4.74 Å². The number of anilines is 2. The zero-order valence-electron chi connectivity index (χ0n) is 15.5. The van der Waals surface area contributed by atoms with E-state index >= 15 is 0 Å². The average molecular weight is 410 g/mol. The van der Waals surface area contributed by atoms with Gasteiger partial charge >= 0.3 is 0 Å². The van der Waals surface area contributed by atoms with Gasteiger partial charge in [0.25, 0.3) is 0 Å². The molecule has 0 spiro atoms. The maximum Gasteiger partial charge on any atom is 0.247 e. The molecule has 1 aliphatic heterocycles. The molecule has 1 aliphatic rings. The second-order valence-corrected chi connectivity index (χ2v) is 6.59. The van der Waals surface area contributed by atoms with Crippen LogP contribution in [0.25, 0.3) is 11.2 Å². The first-order valence-corrected chi connectivity index (χ1v) is 8.93. The van der Waals surface area contributed by atoms with Crippen LogP contribution >= 0.6 is 0 Å². The van der Waals surface area contributed by atoms with E-state index in [2.05, 4.69) is 25.5 Å². The number of nitrogens with one attached hydrogen (secondary N) is 1. The van der Waals surface area contributed by atoms with E-state index in [0.717, 1.165) is 5.56 Å². The van der Waals surface area contributed by atoms with E-state index in [-0.39, 0.29) is 22.9 Å². The number of fused-ring (bicyclic) bond motifs is 1. The molecule has 0 amide bonds. The summed E-state index contributed by atoms with van der Waals surface area (Å²) < 4.78 is 6.93. The largest absolute Gasteiger partial charge is 0.394 e. The number of aliphatic hydroxyl groups excluding tert-OH is 3. The zero-order valence-corrected chi connectivity index (χ0v) is 15.5. The first-order chi connectivity index (χ1) is 14.5. The summed E-state index contributed by atoms with van der Waals surface area (Å²) in [5, 5.41) is 42.4. The second kappa shape index (κ2) is 8.01. The summed E-state index contributed by atoms with van der Waals surface area (Å²) in [4.78, 5) is 12.6. The summed E-state index contributed by atoms with van der Waals surface area (Å²) in [6, 6.07) is 8.84. The number of ether oxygens (including phenoxy) is 1. The molecule has 4 rings (SSSR count). The molecule has 1 aromatic carbocycles. The fourth-order valence-electron chi connectivity index (χ4n) is 3.09. The molecule has 1 unspecified atom stereocenters. The second-order valence-electron chi connectivity index (χ2n) is 6.59. The number of aromatic nitrogens is 4. The Morgan fingerprint density at radius 1 is 1.27 bits per heavy atom. The van der Waals surface area contributed by atoms with Crippen molar-refractivity contribution in [3.63, 3.8) is 0 Å². The van der Waals surface area contributed by atoms with E-state index < -0.39 is 31.1 Å². The molecule has 4 atom stereocenters. The molecule has 12 heteroatoms. The lowest BCUT2D eigenvalue weighted by Crippen LogP contribution is -2.33. The summed E-state index contributed by atoms with van der Waals surface area (Å²) in [6.07, 6.45) is -1.61. The van der Waals surface area contributed by atoms with Gasteiger partial charge in [0.1, 0.15) is 23.8 Å². The number of nitrogen functional groups attached to an aromatic ring is 1. The molecular weight excluding hydrogens is 392 g/mol. The van der Waals surface area contributed by atoms with Crippen molar-refractivity contribution >= 4 is 29.1 Å². The summed E-state index contributed by atoms with van der Waals surface area (Å²) in [5.41, 5.74) is 10.5. The van der Waals surface area contributed by atoms with Crippen molar-refractivity contribution in [3.8, 4) is 6.07 Å². The molecule has 0 saturated carbocycles. The number of nitrogens with zero attached hydrogens (tertiary/aromatic N) is 6. The van der Waals surface area contributed by atoms with Crippen LogP contribution in [0, 0.1) is 11.3 Å². The molecule has 3 aromatic rings. The normalized spacial score (nSPS) is 23.8. The number of hydrogen-bond donors (Lipinski definition) is 5. The lowest BCUT2D eigenvalue weighted by molar-refractivity contribution is -0.0511. The van der Waals surface area contributed by atoms with Crippen molar-refractivity contribution in [2.45, 2.75) is 24.5 Å². The Bertz CT molecular complexity index is 1120. The van der Waals surface area contributed by atoms with Crippen LogP contribution in [-0.4, -0.2) is 66.0 Å². The van der Waals surface area contributed by atoms with Gasteiger partial charge in [0.05, 0.1) is 30.8 Å². The molecule has 6 N–H and O–H groups in total. The molecule has 154 valence electrons. The molecular formula is C18H18N8O4. The molecule has 0 aliphatic carbocycles. The first-order valence-electron chi connectivity index (χ1n) is 8.93. The van der Waals surface area contributed by atoms with Gasteiger partial charge in [-0.2, -0.15) is 20.3 Å². The monoisotopic (exact) mass is 410 g/mol. The van der Waals surface area contributed by atoms with Gasteiger partial charge in [0.15, 0.2) is 17.7 Å². The zero-order chi connectivity index (χ0) is 21.3. The van der Waals surface area contributed by atoms with Crippen molar-refractivity contribution in [3.05, 3.63) is 41.7 Å². The Hall–Kier alpha value is -3.63. The quantitative estimate of drug-likeness (QED) is 0.267. The minimum atomic E-state index is -1.29. The Morgan fingerprint density at radius 3 is 2.70 bits per heavy atom. The molecule has 0 radical (unpaired) electrons. The summed E-state index contributed by atoms with van der Waals surface area (Å²) in [6.45, 7) is -0.449. The van der Waals surface area contributed by atoms with Crippen LogP contribution in [0.4, 0.5) is 11.8 Å².